The molecule has 1 aliphatic heterocycles. The summed E-state index contributed by atoms with van der Waals surface area (Å²) in [4.78, 5) is 0. The molecule has 0 aromatic heterocycles. The average Bonchev–Trinajstić information content (AvgIpc) is 2.66. The van der Waals surface area contributed by atoms with Gasteiger partial charge in [-0.15, -0.1) is 0 Å². The van der Waals surface area contributed by atoms with E-state index in [2.05, 4.69) is 41.5 Å². The van der Waals surface area contributed by atoms with Crippen LogP contribution in [-0.2, 0) is 9.31 Å². The lowest BCUT2D eigenvalue weighted by molar-refractivity contribution is 0.0479. The van der Waals surface area contributed by atoms with Crippen molar-refractivity contribution in [3.05, 3.63) is 0 Å². The van der Waals surface area contributed by atoms with Gasteiger partial charge in [0.2, 0.25) is 0 Å². The van der Waals surface area contributed by atoms with Crippen molar-refractivity contribution in [2.24, 2.45) is 10.8 Å². The van der Waals surface area contributed by atoms with Crippen molar-refractivity contribution < 1.29 is 9.31 Å². The van der Waals surface area contributed by atoms with Gasteiger partial charge in [-0.25, -0.2) is 0 Å². The molecule has 0 amide bonds. The second-order valence-corrected chi connectivity index (χ2v) is 6.86. The molecule has 0 bridgehead atoms. The lowest BCUT2D eigenvalue weighted by Crippen LogP contribution is -2.36. The number of hydrogen-bond donors (Lipinski definition) is 0. The topological polar surface area (TPSA) is 18.5 Å². The van der Waals surface area contributed by atoms with E-state index in [4.69, 9.17) is 9.31 Å². The van der Waals surface area contributed by atoms with Crippen molar-refractivity contribution in [3.8, 4) is 0 Å². The third-order valence-corrected chi connectivity index (χ3v) is 4.04. The van der Waals surface area contributed by atoms with E-state index in [0.717, 1.165) is 19.3 Å². The summed E-state index contributed by atoms with van der Waals surface area (Å²) in [5.41, 5.74) is 0.581. The van der Waals surface area contributed by atoms with E-state index >= 15 is 0 Å². The zero-order chi connectivity index (χ0) is 13.1. The molecule has 0 aliphatic carbocycles. The second-order valence-electron chi connectivity index (χ2n) is 6.86. The minimum atomic E-state index is 0.0361. The predicted octanol–water partition coefficient (Wildman–Crippen LogP) is 4.15. The van der Waals surface area contributed by atoms with Crippen LogP contribution in [0.3, 0.4) is 0 Å². The molecular formula is C14H29BO2. The van der Waals surface area contributed by atoms with Crippen LogP contribution in [0.5, 0.6) is 0 Å². The van der Waals surface area contributed by atoms with Gasteiger partial charge in [0.15, 0.2) is 0 Å². The van der Waals surface area contributed by atoms with Crippen LogP contribution in [0.15, 0.2) is 0 Å². The van der Waals surface area contributed by atoms with Crippen molar-refractivity contribution in [1.82, 2.24) is 0 Å². The maximum atomic E-state index is 6.03. The average molecular weight is 240 g/mol. The molecule has 1 unspecified atom stereocenters. The Hall–Kier alpha value is -0.0151. The minimum Gasteiger partial charge on any atom is -0.408 e. The van der Waals surface area contributed by atoms with Crippen LogP contribution in [-0.4, -0.2) is 19.8 Å². The monoisotopic (exact) mass is 240 g/mol. The van der Waals surface area contributed by atoms with Crippen molar-refractivity contribution in [3.63, 3.8) is 0 Å². The van der Waals surface area contributed by atoms with Crippen LogP contribution < -0.4 is 0 Å². The first kappa shape index (κ1) is 15.0. The molecule has 1 aliphatic rings. The van der Waals surface area contributed by atoms with Gasteiger partial charge in [-0.3, -0.25) is 0 Å². The molecule has 0 aromatic carbocycles. The smallest absolute Gasteiger partial charge is 0.408 e. The second kappa shape index (κ2) is 5.75. The first-order chi connectivity index (χ1) is 7.80. The Labute approximate surface area is 108 Å². The molecule has 0 spiro atoms. The number of hydrogen-bond acceptors (Lipinski definition) is 2. The molecule has 1 atom stereocenters. The first-order valence-electron chi connectivity index (χ1n) is 7.08. The molecule has 1 fully saturated rings. The third kappa shape index (κ3) is 4.29. The van der Waals surface area contributed by atoms with E-state index in [1.807, 2.05) is 0 Å². The Balaban J connectivity index is 2.54. The van der Waals surface area contributed by atoms with Crippen molar-refractivity contribution in [1.29, 1.82) is 0 Å². The summed E-state index contributed by atoms with van der Waals surface area (Å²) in [5, 5.41) is 0. The minimum absolute atomic E-state index is 0.0361. The Morgan fingerprint density at radius 1 is 1.18 bits per heavy atom. The van der Waals surface area contributed by atoms with Gasteiger partial charge in [-0.05, 0) is 23.6 Å². The Morgan fingerprint density at radius 2 is 1.82 bits per heavy atom. The van der Waals surface area contributed by atoms with E-state index in [9.17, 15) is 0 Å². The van der Waals surface area contributed by atoms with E-state index in [-0.39, 0.29) is 18.6 Å². The van der Waals surface area contributed by atoms with Crippen LogP contribution in [0, 0.1) is 10.8 Å². The fourth-order valence-corrected chi connectivity index (χ4v) is 2.73. The molecule has 1 saturated heterocycles. The number of rotatable bonds is 6. The Bertz CT molecular complexity index is 238. The highest BCUT2D eigenvalue weighted by atomic mass is 16.6. The molecule has 3 heteroatoms. The highest BCUT2D eigenvalue weighted by molar-refractivity contribution is 6.45. The van der Waals surface area contributed by atoms with Crippen LogP contribution in [0.1, 0.15) is 60.8 Å². The third-order valence-electron chi connectivity index (χ3n) is 4.04. The fraction of sp³-hybridized carbons (Fsp3) is 1.00. The molecule has 0 saturated carbocycles. The standard InChI is InChI=1S/C14H29BO2/c1-7-9-15-16-10-12(17-15)14(5,6)11-13(3,4)8-2/h12H,7-11H2,1-6H3. The zero-order valence-corrected chi connectivity index (χ0v) is 12.5. The van der Waals surface area contributed by atoms with Crippen molar-refractivity contribution >= 4 is 7.12 Å². The summed E-state index contributed by atoms with van der Waals surface area (Å²) >= 11 is 0. The van der Waals surface area contributed by atoms with Gasteiger partial charge in [0.05, 0.1) is 12.7 Å². The van der Waals surface area contributed by atoms with Gasteiger partial charge in [0, 0.05) is 0 Å². The van der Waals surface area contributed by atoms with Crippen molar-refractivity contribution in [2.45, 2.75) is 73.2 Å². The summed E-state index contributed by atoms with van der Waals surface area (Å²) < 4.78 is 11.8. The molecule has 0 N–H and O–H groups in total. The van der Waals surface area contributed by atoms with Crippen LogP contribution in [0.25, 0.3) is 0 Å². The van der Waals surface area contributed by atoms with E-state index in [1.165, 1.54) is 12.8 Å². The lowest BCUT2D eigenvalue weighted by Gasteiger charge is -2.38. The molecule has 0 aromatic rings. The van der Waals surface area contributed by atoms with Crippen LogP contribution in [0.2, 0.25) is 6.32 Å². The summed E-state index contributed by atoms with van der Waals surface area (Å²) in [6, 6.07) is 0. The zero-order valence-electron chi connectivity index (χ0n) is 12.5. The molecule has 17 heavy (non-hydrogen) atoms. The molecule has 2 nitrogen and oxygen atoms in total. The highest BCUT2D eigenvalue weighted by Crippen LogP contribution is 2.41. The highest BCUT2D eigenvalue weighted by Gasteiger charge is 2.41. The van der Waals surface area contributed by atoms with E-state index in [0.29, 0.717) is 5.41 Å². The van der Waals surface area contributed by atoms with Gasteiger partial charge in [-0.1, -0.05) is 54.4 Å². The maximum absolute atomic E-state index is 6.03. The molecule has 0 radical (unpaired) electrons. The molecule has 100 valence electrons. The summed E-state index contributed by atoms with van der Waals surface area (Å²) in [5.74, 6) is 0. The normalized spacial score (nSPS) is 22.2. The predicted molar refractivity (Wildman–Crippen MR) is 74.1 cm³/mol. The summed E-state index contributed by atoms with van der Waals surface area (Å²) in [7, 11) is 0.0361. The van der Waals surface area contributed by atoms with Gasteiger partial charge < -0.3 is 9.31 Å². The largest absolute Gasteiger partial charge is 0.457 e. The quantitative estimate of drug-likeness (QED) is 0.649. The Morgan fingerprint density at radius 3 is 2.35 bits per heavy atom. The molecular weight excluding hydrogens is 211 g/mol. The van der Waals surface area contributed by atoms with E-state index in [1.54, 1.807) is 0 Å². The van der Waals surface area contributed by atoms with Crippen LogP contribution in [0.4, 0.5) is 0 Å². The summed E-state index contributed by atoms with van der Waals surface area (Å²) in [6.07, 6.45) is 4.79. The lowest BCUT2D eigenvalue weighted by atomic mass is 9.71. The molecule has 1 rings (SSSR count). The van der Waals surface area contributed by atoms with Gasteiger partial charge in [0.25, 0.3) is 0 Å². The van der Waals surface area contributed by atoms with Gasteiger partial charge >= 0.3 is 7.12 Å². The van der Waals surface area contributed by atoms with E-state index < -0.39 is 0 Å². The Kier molecular flexibility index (Phi) is 5.09. The SMILES string of the molecule is CCCB1OCC(C(C)(C)CC(C)(C)CC)O1. The molecule has 1 heterocycles. The summed E-state index contributed by atoms with van der Waals surface area (Å²) in [6.45, 7) is 14.5. The maximum Gasteiger partial charge on any atom is 0.457 e. The van der Waals surface area contributed by atoms with Gasteiger partial charge in [-0.2, -0.15) is 0 Å². The fourth-order valence-electron chi connectivity index (χ4n) is 2.73. The van der Waals surface area contributed by atoms with Crippen molar-refractivity contribution in [2.75, 3.05) is 6.61 Å². The van der Waals surface area contributed by atoms with Crippen LogP contribution >= 0.6 is 0 Å². The first-order valence-corrected chi connectivity index (χ1v) is 7.08. The van der Waals surface area contributed by atoms with Gasteiger partial charge in [0.1, 0.15) is 0 Å².